The van der Waals surface area contributed by atoms with Crippen LogP contribution in [0.5, 0.6) is 0 Å². The number of fused-ring (bicyclic) bond motifs is 1. The van der Waals surface area contributed by atoms with E-state index in [0.717, 1.165) is 16.8 Å². The van der Waals surface area contributed by atoms with Crippen molar-refractivity contribution in [1.82, 2.24) is 19.4 Å². The summed E-state index contributed by atoms with van der Waals surface area (Å²) in [6.45, 7) is 2.41. The summed E-state index contributed by atoms with van der Waals surface area (Å²) in [4.78, 5) is 36.4. The molecule has 1 aliphatic rings. The Morgan fingerprint density at radius 1 is 1.16 bits per heavy atom. The number of carbonyl (C=O) groups excluding carboxylic acids is 2. The van der Waals surface area contributed by atoms with Gasteiger partial charge in [0.25, 0.3) is 5.91 Å². The molecule has 2 amide bonds. The Balaban J connectivity index is 1.85. The Labute approximate surface area is 180 Å². The molecule has 31 heavy (non-hydrogen) atoms. The average molecular weight is 419 g/mol. The number of hydrogen-bond donors (Lipinski definition) is 2. The second-order valence-electron chi connectivity index (χ2n) is 7.70. The summed E-state index contributed by atoms with van der Waals surface area (Å²) in [5.74, 6) is 0.0376. The van der Waals surface area contributed by atoms with Gasteiger partial charge in [0.1, 0.15) is 11.5 Å². The topological polar surface area (TPSA) is 114 Å². The Hall–Kier alpha value is -3.52. The number of anilines is 1. The smallest absolute Gasteiger partial charge is 0.279 e. The van der Waals surface area contributed by atoms with Gasteiger partial charge in [0, 0.05) is 31.6 Å². The van der Waals surface area contributed by atoms with Crippen LogP contribution < -0.4 is 5.73 Å². The molecule has 0 saturated heterocycles. The van der Waals surface area contributed by atoms with Gasteiger partial charge in [-0.3, -0.25) is 19.5 Å². The number of nitrogens with zero attached hydrogens (tertiary/aromatic N) is 4. The molecule has 0 fully saturated rings. The molecule has 1 aromatic carbocycles. The van der Waals surface area contributed by atoms with Gasteiger partial charge in [-0.05, 0) is 31.5 Å². The van der Waals surface area contributed by atoms with Crippen LogP contribution in [0.3, 0.4) is 0 Å². The summed E-state index contributed by atoms with van der Waals surface area (Å²) in [6, 6.07) is 11.5. The van der Waals surface area contributed by atoms with Crippen molar-refractivity contribution < 1.29 is 14.7 Å². The predicted octanol–water partition coefficient (Wildman–Crippen LogP) is 2.18. The first-order chi connectivity index (χ1) is 15.0. The van der Waals surface area contributed by atoms with Crippen molar-refractivity contribution in [3.05, 3.63) is 65.2 Å². The van der Waals surface area contributed by atoms with E-state index < -0.39 is 0 Å². The maximum atomic E-state index is 13.5. The molecule has 0 unspecified atom stereocenters. The molecule has 0 spiro atoms. The van der Waals surface area contributed by atoms with Crippen molar-refractivity contribution in [2.75, 3.05) is 18.9 Å². The molecule has 0 radical (unpaired) electrons. The summed E-state index contributed by atoms with van der Waals surface area (Å²) in [7, 11) is 0. The van der Waals surface area contributed by atoms with Crippen molar-refractivity contribution in [2.24, 2.45) is 0 Å². The van der Waals surface area contributed by atoms with Crippen LogP contribution in [0.4, 0.5) is 5.69 Å². The maximum Gasteiger partial charge on any atom is 0.279 e. The number of imidazole rings is 1. The summed E-state index contributed by atoms with van der Waals surface area (Å²) < 4.78 is 1.84. The number of nitrogen functional groups attached to an aromatic ring is 1. The largest absolute Gasteiger partial charge is 0.397 e. The minimum atomic E-state index is -0.382. The second-order valence-corrected chi connectivity index (χ2v) is 7.70. The molecule has 0 bridgehead atoms. The molecule has 0 aliphatic carbocycles. The molecule has 2 aromatic heterocycles. The second kappa shape index (κ2) is 8.69. The molecule has 8 nitrogen and oxygen atoms in total. The first-order valence-corrected chi connectivity index (χ1v) is 10.3. The number of carbonyl (C=O) groups is 2. The number of aromatic nitrogens is 3. The summed E-state index contributed by atoms with van der Waals surface area (Å²) >= 11 is 0. The molecule has 3 heterocycles. The number of pyridine rings is 1. The van der Waals surface area contributed by atoms with Gasteiger partial charge in [0.05, 0.1) is 29.8 Å². The lowest BCUT2D eigenvalue weighted by Crippen LogP contribution is -2.38. The Morgan fingerprint density at radius 3 is 2.71 bits per heavy atom. The fourth-order valence-electron chi connectivity index (χ4n) is 3.82. The zero-order valence-corrected chi connectivity index (χ0v) is 17.4. The average Bonchev–Trinajstić information content (AvgIpc) is 3.06. The third kappa shape index (κ3) is 4.20. The van der Waals surface area contributed by atoms with Crippen molar-refractivity contribution in [1.29, 1.82) is 0 Å². The van der Waals surface area contributed by atoms with Crippen LogP contribution in [0.15, 0.2) is 42.6 Å². The summed E-state index contributed by atoms with van der Waals surface area (Å²) in [6.07, 6.45) is 2.51. The van der Waals surface area contributed by atoms with Crippen molar-refractivity contribution in [2.45, 2.75) is 32.7 Å². The SMILES string of the molecule is Cc1cccc(-c2nc3c(n2Cc2ccc(N)cn2)C(=O)N(CCCO)C(=O)CC3)c1. The van der Waals surface area contributed by atoms with E-state index in [1.807, 2.05) is 41.8 Å². The van der Waals surface area contributed by atoms with Crippen molar-refractivity contribution >= 4 is 17.5 Å². The van der Waals surface area contributed by atoms with Gasteiger partial charge in [-0.25, -0.2) is 4.98 Å². The van der Waals surface area contributed by atoms with Gasteiger partial charge >= 0.3 is 0 Å². The highest BCUT2D eigenvalue weighted by atomic mass is 16.3. The maximum absolute atomic E-state index is 13.5. The minimum Gasteiger partial charge on any atom is -0.397 e. The lowest BCUT2D eigenvalue weighted by Gasteiger charge is -2.20. The van der Waals surface area contributed by atoms with Gasteiger partial charge in [0.2, 0.25) is 5.91 Å². The van der Waals surface area contributed by atoms with Crippen LogP contribution in [-0.4, -0.2) is 49.5 Å². The van der Waals surface area contributed by atoms with E-state index in [0.29, 0.717) is 42.3 Å². The highest BCUT2D eigenvalue weighted by molar-refractivity contribution is 6.06. The number of aliphatic hydroxyl groups is 1. The minimum absolute atomic E-state index is 0.0902. The number of benzene rings is 1. The van der Waals surface area contributed by atoms with E-state index in [1.54, 1.807) is 12.3 Å². The van der Waals surface area contributed by atoms with Crippen LogP contribution in [0.25, 0.3) is 11.4 Å². The first kappa shape index (κ1) is 20.7. The number of aryl methyl sites for hydroxylation is 2. The highest BCUT2D eigenvalue weighted by Crippen LogP contribution is 2.28. The van der Waals surface area contributed by atoms with Gasteiger partial charge < -0.3 is 15.4 Å². The summed E-state index contributed by atoms with van der Waals surface area (Å²) in [5, 5.41) is 9.20. The number of nitrogens with two attached hydrogens (primary N) is 1. The van der Waals surface area contributed by atoms with E-state index in [9.17, 15) is 14.7 Å². The molecule has 3 N–H and O–H groups in total. The fraction of sp³-hybridized carbons (Fsp3) is 0.304. The number of rotatable bonds is 6. The van der Waals surface area contributed by atoms with E-state index in [1.165, 1.54) is 4.90 Å². The molecule has 0 atom stereocenters. The van der Waals surface area contributed by atoms with Crippen molar-refractivity contribution in [3.63, 3.8) is 0 Å². The third-order valence-electron chi connectivity index (χ3n) is 5.35. The highest BCUT2D eigenvalue weighted by Gasteiger charge is 2.33. The molecule has 160 valence electrons. The lowest BCUT2D eigenvalue weighted by atomic mass is 10.1. The van der Waals surface area contributed by atoms with E-state index in [2.05, 4.69) is 4.98 Å². The monoisotopic (exact) mass is 419 g/mol. The van der Waals surface area contributed by atoms with Crippen LogP contribution in [0.2, 0.25) is 0 Å². The first-order valence-electron chi connectivity index (χ1n) is 10.3. The van der Waals surface area contributed by atoms with Gasteiger partial charge in [0.15, 0.2) is 0 Å². The number of hydrogen-bond acceptors (Lipinski definition) is 6. The zero-order chi connectivity index (χ0) is 22.0. The quantitative estimate of drug-likeness (QED) is 0.592. The van der Waals surface area contributed by atoms with E-state index in [4.69, 9.17) is 10.7 Å². The number of amides is 2. The van der Waals surface area contributed by atoms with Crippen LogP contribution in [0.1, 0.15) is 40.3 Å². The zero-order valence-electron chi connectivity index (χ0n) is 17.4. The molecular formula is C23H25N5O3. The van der Waals surface area contributed by atoms with Gasteiger partial charge in [-0.15, -0.1) is 0 Å². The van der Waals surface area contributed by atoms with Crippen LogP contribution in [0, 0.1) is 6.92 Å². The van der Waals surface area contributed by atoms with Crippen LogP contribution in [-0.2, 0) is 17.8 Å². The lowest BCUT2D eigenvalue weighted by molar-refractivity contribution is -0.128. The van der Waals surface area contributed by atoms with E-state index in [-0.39, 0.29) is 31.4 Å². The molecule has 3 aromatic rings. The molecule has 0 saturated carbocycles. The van der Waals surface area contributed by atoms with E-state index >= 15 is 0 Å². The number of aliphatic hydroxyl groups excluding tert-OH is 1. The molecule has 4 rings (SSSR count). The summed E-state index contributed by atoms with van der Waals surface area (Å²) in [5.41, 5.74) is 10.0. The fourth-order valence-corrected chi connectivity index (χ4v) is 3.82. The Kier molecular flexibility index (Phi) is 5.81. The molecule has 8 heteroatoms. The predicted molar refractivity (Wildman–Crippen MR) is 116 cm³/mol. The Bertz CT molecular complexity index is 1120. The van der Waals surface area contributed by atoms with Gasteiger partial charge in [-0.1, -0.05) is 23.8 Å². The standard InChI is InChI=1S/C23H25N5O3/c1-15-4-2-5-16(12-15)22-26-19-8-9-20(30)27(10-3-11-29)23(31)21(19)28(22)14-18-7-6-17(24)13-25-18/h2,4-7,12-13,29H,3,8-11,14,24H2,1H3. The number of imide groups is 1. The normalized spacial score (nSPS) is 13.9. The Morgan fingerprint density at radius 2 is 2.00 bits per heavy atom. The van der Waals surface area contributed by atoms with Gasteiger partial charge in [-0.2, -0.15) is 0 Å². The van der Waals surface area contributed by atoms with Crippen molar-refractivity contribution in [3.8, 4) is 11.4 Å². The molecular weight excluding hydrogens is 394 g/mol. The third-order valence-corrected chi connectivity index (χ3v) is 5.35. The van der Waals surface area contributed by atoms with Crippen LogP contribution >= 0.6 is 0 Å². The molecule has 1 aliphatic heterocycles.